The van der Waals surface area contributed by atoms with Crippen molar-refractivity contribution in [2.75, 3.05) is 26.2 Å². The summed E-state index contributed by atoms with van der Waals surface area (Å²) in [5.74, 6) is -0.153. The van der Waals surface area contributed by atoms with Crippen molar-refractivity contribution in [1.82, 2.24) is 10.6 Å². The molecule has 4 nitrogen and oxygen atoms in total. The van der Waals surface area contributed by atoms with Gasteiger partial charge in [-0.2, -0.15) is 0 Å². The number of nitrogens with one attached hydrogen (secondary N) is 2. The maximum Gasteiger partial charge on any atom is 0.157 e. The molecular formula is C10H16N2O2. The summed E-state index contributed by atoms with van der Waals surface area (Å²) >= 11 is 0. The monoisotopic (exact) mass is 196 g/mol. The maximum atomic E-state index is 8.67. The molecule has 1 aliphatic rings. The SMILES string of the molecule is C1CNCCN1.Oc1ccccc1O. The normalized spacial score (nSPS) is 15.4. The van der Waals surface area contributed by atoms with Gasteiger partial charge in [-0.3, -0.25) is 0 Å². The van der Waals surface area contributed by atoms with Crippen molar-refractivity contribution in [2.24, 2.45) is 0 Å². The van der Waals surface area contributed by atoms with E-state index >= 15 is 0 Å². The summed E-state index contributed by atoms with van der Waals surface area (Å²) in [5, 5.41) is 23.8. The summed E-state index contributed by atoms with van der Waals surface area (Å²) in [6, 6.07) is 6.15. The van der Waals surface area contributed by atoms with Crippen LogP contribution in [-0.4, -0.2) is 36.4 Å². The molecule has 0 amide bonds. The number of hydrogen-bond acceptors (Lipinski definition) is 4. The van der Waals surface area contributed by atoms with Crippen LogP contribution in [-0.2, 0) is 0 Å². The first-order chi connectivity index (χ1) is 6.80. The minimum atomic E-state index is -0.0764. The topological polar surface area (TPSA) is 64.5 Å². The van der Waals surface area contributed by atoms with Crippen LogP contribution in [0.2, 0.25) is 0 Å². The fraction of sp³-hybridized carbons (Fsp3) is 0.400. The minimum absolute atomic E-state index is 0.0764. The van der Waals surface area contributed by atoms with Crippen LogP contribution in [0.3, 0.4) is 0 Å². The molecule has 0 aromatic heterocycles. The van der Waals surface area contributed by atoms with E-state index in [0.29, 0.717) is 0 Å². The Labute approximate surface area is 83.6 Å². The van der Waals surface area contributed by atoms with Crippen LogP contribution < -0.4 is 10.6 Å². The van der Waals surface area contributed by atoms with E-state index in [1.165, 1.54) is 12.1 Å². The third-order valence-electron chi connectivity index (χ3n) is 1.84. The van der Waals surface area contributed by atoms with E-state index in [-0.39, 0.29) is 11.5 Å². The van der Waals surface area contributed by atoms with Gasteiger partial charge in [0, 0.05) is 26.2 Å². The molecule has 4 heteroatoms. The van der Waals surface area contributed by atoms with Gasteiger partial charge in [0.25, 0.3) is 0 Å². The number of phenolic OH excluding ortho intramolecular Hbond substituents is 2. The Balaban J connectivity index is 0.000000146. The lowest BCUT2D eigenvalue weighted by atomic mass is 10.3. The molecule has 78 valence electrons. The highest BCUT2D eigenvalue weighted by atomic mass is 16.3. The van der Waals surface area contributed by atoms with E-state index in [9.17, 15) is 0 Å². The Morgan fingerprint density at radius 2 is 1.14 bits per heavy atom. The summed E-state index contributed by atoms with van der Waals surface area (Å²) in [4.78, 5) is 0. The van der Waals surface area contributed by atoms with Crippen molar-refractivity contribution in [2.45, 2.75) is 0 Å². The zero-order chi connectivity index (χ0) is 10.2. The van der Waals surface area contributed by atoms with Crippen LogP contribution in [0.1, 0.15) is 0 Å². The predicted molar refractivity (Wildman–Crippen MR) is 55.5 cm³/mol. The minimum Gasteiger partial charge on any atom is -0.504 e. The molecule has 0 radical (unpaired) electrons. The number of piperazine rings is 1. The van der Waals surface area contributed by atoms with E-state index in [1.807, 2.05) is 0 Å². The van der Waals surface area contributed by atoms with Crippen LogP contribution >= 0.6 is 0 Å². The molecule has 1 saturated heterocycles. The van der Waals surface area contributed by atoms with Crippen molar-refractivity contribution in [3.05, 3.63) is 24.3 Å². The Morgan fingerprint density at radius 3 is 1.36 bits per heavy atom. The summed E-state index contributed by atoms with van der Waals surface area (Å²) < 4.78 is 0. The average Bonchev–Trinajstić information content (AvgIpc) is 2.26. The molecule has 0 saturated carbocycles. The van der Waals surface area contributed by atoms with E-state index in [2.05, 4.69) is 10.6 Å². The van der Waals surface area contributed by atoms with Crippen molar-refractivity contribution in [3.8, 4) is 11.5 Å². The number of phenols is 2. The smallest absolute Gasteiger partial charge is 0.157 e. The highest BCUT2D eigenvalue weighted by Gasteiger charge is 1.91. The Kier molecular flexibility index (Phi) is 4.82. The number of rotatable bonds is 0. The highest BCUT2D eigenvalue weighted by molar-refractivity contribution is 5.36. The molecule has 1 aromatic carbocycles. The van der Waals surface area contributed by atoms with Crippen LogP contribution in [0.15, 0.2) is 24.3 Å². The zero-order valence-electron chi connectivity index (χ0n) is 8.03. The van der Waals surface area contributed by atoms with Gasteiger partial charge in [0.2, 0.25) is 0 Å². The second kappa shape index (κ2) is 6.23. The molecule has 0 bridgehead atoms. The van der Waals surface area contributed by atoms with Crippen LogP contribution in [0, 0.1) is 0 Å². The molecule has 0 atom stereocenters. The van der Waals surface area contributed by atoms with E-state index in [0.717, 1.165) is 26.2 Å². The van der Waals surface area contributed by atoms with Gasteiger partial charge < -0.3 is 20.8 Å². The molecule has 0 spiro atoms. The average molecular weight is 196 g/mol. The van der Waals surface area contributed by atoms with Crippen molar-refractivity contribution >= 4 is 0 Å². The molecule has 14 heavy (non-hydrogen) atoms. The largest absolute Gasteiger partial charge is 0.504 e. The molecular weight excluding hydrogens is 180 g/mol. The van der Waals surface area contributed by atoms with Gasteiger partial charge in [0.1, 0.15) is 0 Å². The predicted octanol–water partition coefficient (Wildman–Crippen LogP) is 0.277. The lowest BCUT2D eigenvalue weighted by molar-refractivity contribution is 0.404. The van der Waals surface area contributed by atoms with Gasteiger partial charge in [-0.25, -0.2) is 0 Å². The fourth-order valence-corrected chi connectivity index (χ4v) is 1.07. The third-order valence-corrected chi connectivity index (χ3v) is 1.84. The quantitative estimate of drug-likeness (QED) is 0.450. The zero-order valence-corrected chi connectivity index (χ0v) is 8.03. The maximum absolute atomic E-state index is 8.67. The van der Waals surface area contributed by atoms with Crippen molar-refractivity contribution in [3.63, 3.8) is 0 Å². The van der Waals surface area contributed by atoms with Gasteiger partial charge in [-0.1, -0.05) is 12.1 Å². The van der Waals surface area contributed by atoms with Crippen molar-refractivity contribution < 1.29 is 10.2 Å². The summed E-state index contributed by atoms with van der Waals surface area (Å²) in [6.07, 6.45) is 0. The second-order valence-corrected chi connectivity index (χ2v) is 2.99. The standard InChI is InChI=1S/C6H6O2.C4H10N2/c7-5-3-1-2-4-6(5)8;1-2-6-4-3-5-1/h1-4,7-8H;5-6H,1-4H2. The van der Waals surface area contributed by atoms with E-state index in [1.54, 1.807) is 12.1 Å². The molecule has 1 aromatic rings. The third kappa shape index (κ3) is 4.11. The first-order valence-electron chi connectivity index (χ1n) is 4.69. The molecule has 1 heterocycles. The van der Waals surface area contributed by atoms with Gasteiger partial charge >= 0.3 is 0 Å². The summed E-state index contributed by atoms with van der Waals surface area (Å²) in [5.41, 5.74) is 0. The summed E-state index contributed by atoms with van der Waals surface area (Å²) in [7, 11) is 0. The molecule has 1 fully saturated rings. The first kappa shape index (κ1) is 10.8. The molecule has 0 unspecified atom stereocenters. The van der Waals surface area contributed by atoms with E-state index < -0.39 is 0 Å². The number of hydrogen-bond donors (Lipinski definition) is 4. The van der Waals surface area contributed by atoms with Gasteiger partial charge in [-0.15, -0.1) is 0 Å². The number of benzene rings is 1. The first-order valence-corrected chi connectivity index (χ1v) is 4.69. The molecule has 0 aliphatic carbocycles. The Morgan fingerprint density at radius 1 is 0.786 bits per heavy atom. The molecule has 2 rings (SSSR count). The Bertz CT molecular complexity index is 230. The van der Waals surface area contributed by atoms with Gasteiger partial charge in [-0.05, 0) is 12.1 Å². The molecule has 4 N–H and O–H groups in total. The lowest BCUT2D eigenvalue weighted by Gasteiger charge is -2.11. The summed E-state index contributed by atoms with van der Waals surface area (Å²) in [6.45, 7) is 4.56. The Hall–Kier alpha value is -1.26. The van der Waals surface area contributed by atoms with Crippen LogP contribution in [0.25, 0.3) is 0 Å². The highest BCUT2D eigenvalue weighted by Crippen LogP contribution is 2.21. The number of para-hydroxylation sites is 2. The van der Waals surface area contributed by atoms with Crippen LogP contribution in [0.4, 0.5) is 0 Å². The van der Waals surface area contributed by atoms with E-state index in [4.69, 9.17) is 10.2 Å². The van der Waals surface area contributed by atoms with Gasteiger partial charge in [0.05, 0.1) is 0 Å². The number of aromatic hydroxyl groups is 2. The lowest BCUT2D eigenvalue weighted by Crippen LogP contribution is -2.39. The van der Waals surface area contributed by atoms with Crippen molar-refractivity contribution in [1.29, 1.82) is 0 Å². The second-order valence-electron chi connectivity index (χ2n) is 2.99. The fourth-order valence-electron chi connectivity index (χ4n) is 1.07. The molecule has 1 aliphatic heterocycles. The van der Waals surface area contributed by atoms with Crippen LogP contribution in [0.5, 0.6) is 11.5 Å². The van der Waals surface area contributed by atoms with Gasteiger partial charge in [0.15, 0.2) is 11.5 Å².